The lowest BCUT2D eigenvalue weighted by Gasteiger charge is -2.12. The van der Waals surface area contributed by atoms with Gasteiger partial charge in [-0.05, 0) is 24.5 Å². The van der Waals surface area contributed by atoms with E-state index in [9.17, 15) is 0 Å². The van der Waals surface area contributed by atoms with E-state index in [1.54, 1.807) is 7.11 Å². The maximum absolute atomic E-state index is 5.72. The average Bonchev–Trinajstić information content (AvgIpc) is 3.07. The summed E-state index contributed by atoms with van der Waals surface area (Å²) < 4.78 is 5.22. The molecule has 0 bridgehead atoms. The number of anilines is 1. The highest BCUT2D eigenvalue weighted by Crippen LogP contribution is 2.37. The minimum atomic E-state index is 0.420. The summed E-state index contributed by atoms with van der Waals surface area (Å²) in [4.78, 5) is 0.420. The zero-order valence-electron chi connectivity index (χ0n) is 10.2. The van der Waals surface area contributed by atoms with Crippen LogP contribution in [-0.4, -0.2) is 18.1 Å². The molecule has 2 atom stereocenters. The molecule has 0 saturated heterocycles. The molecule has 0 aliphatic heterocycles. The number of methoxy groups -OCH3 is 1. The maximum Gasteiger partial charge on any atom is 0.120 e. The van der Waals surface area contributed by atoms with Crippen molar-refractivity contribution in [2.24, 2.45) is 11.7 Å². The topological polar surface area (TPSA) is 47.3 Å². The van der Waals surface area contributed by atoms with Crippen molar-refractivity contribution in [2.75, 3.05) is 12.4 Å². The fraction of sp³-hybridized carbons (Fsp3) is 0.462. The molecule has 1 aliphatic carbocycles. The molecule has 0 heterocycles. The van der Waals surface area contributed by atoms with Gasteiger partial charge in [-0.15, -0.1) is 0 Å². The van der Waals surface area contributed by atoms with Crippen LogP contribution in [0.3, 0.4) is 0 Å². The summed E-state index contributed by atoms with van der Waals surface area (Å²) in [7, 11) is 1.66. The maximum atomic E-state index is 5.72. The summed E-state index contributed by atoms with van der Waals surface area (Å²) in [6.07, 6.45) is 2.44. The molecule has 0 spiro atoms. The molecule has 2 rings (SSSR count). The fourth-order valence-corrected chi connectivity index (χ4v) is 2.24. The zero-order chi connectivity index (χ0) is 12.4. The third kappa shape index (κ3) is 2.69. The quantitative estimate of drug-likeness (QED) is 0.788. The van der Waals surface area contributed by atoms with Gasteiger partial charge < -0.3 is 15.8 Å². The van der Waals surface area contributed by atoms with Crippen molar-refractivity contribution in [3.05, 3.63) is 23.8 Å². The molecular weight excluding hydrogens is 232 g/mol. The Bertz CT molecular complexity index is 433. The summed E-state index contributed by atoms with van der Waals surface area (Å²) in [5, 5.41) is 3.49. The van der Waals surface area contributed by atoms with Crippen molar-refractivity contribution in [1.82, 2.24) is 0 Å². The third-order valence-electron chi connectivity index (χ3n) is 3.28. The van der Waals surface area contributed by atoms with Crippen molar-refractivity contribution in [2.45, 2.75) is 25.8 Å². The van der Waals surface area contributed by atoms with Gasteiger partial charge in [-0.2, -0.15) is 0 Å². The van der Waals surface area contributed by atoms with Gasteiger partial charge in [0, 0.05) is 23.4 Å². The Morgan fingerprint density at radius 1 is 1.59 bits per heavy atom. The molecule has 1 aliphatic rings. The van der Waals surface area contributed by atoms with Crippen LogP contribution in [0.4, 0.5) is 5.69 Å². The van der Waals surface area contributed by atoms with Crippen molar-refractivity contribution in [3.63, 3.8) is 0 Å². The van der Waals surface area contributed by atoms with Crippen LogP contribution in [0.2, 0.25) is 0 Å². The number of rotatable bonds is 5. The summed E-state index contributed by atoms with van der Waals surface area (Å²) in [6.45, 7) is 2.21. The smallest absolute Gasteiger partial charge is 0.120 e. The van der Waals surface area contributed by atoms with Crippen molar-refractivity contribution in [3.8, 4) is 5.75 Å². The molecule has 4 heteroatoms. The standard InChI is InChI=1S/C13H18N2OS/c1-3-8-6-11(8)15-12-7-9(16-2)4-5-10(12)13(14)17/h4-5,7-8,11,15H,3,6H2,1-2H3,(H2,14,17). The van der Waals surface area contributed by atoms with Gasteiger partial charge in [0.25, 0.3) is 0 Å². The van der Waals surface area contributed by atoms with Crippen LogP contribution in [0.1, 0.15) is 25.3 Å². The van der Waals surface area contributed by atoms with Gasteiger partial charge in [0.05, 0.1) is 7.11 Å². The number of nitrogens with two attached hydrogens (primary N) is 1. The molecule has 0 radical (unpaired) electrons. The summed E-state index contributed by atoms with van der Waals surface area (Å²) >= 11 is 5.06. The van der Waals surface area contributed by atoms with E-state index >= 15 is 0 Å². The Morgan fingerprint density at radius 2 is 2.35 bits per heavy atom. The molecule has 0 aromatic heterocycles. The third-order valence-corrected chi connectivity index (χ3v) is 3.50. The number of nitrogens with one attached hydrogen (secondary N) is 1. The van der Waals surface area contributed by atoms with Crippen LogP contribution in [-0.2, 0) is 0 Å². The van der Waals surface area contributed by atoms with Crippen LogP contribution in [0.15, 0.2) is 18.2 Å². The molecule has 3 nitrogen and oxygen atoms in total. The predicted molar refractivity (Wildman–Crippen MR) is 74.7 cm³/mol. The van der Waals surface area contributed by atoms with E-state index in [0.29, 0.717) is 11.0 Å². The average molecular weight is 250 g/mol. The highest BCUT2D eigenvalue weighted by atomic mass is 32.1. The zero-order valence-corrected chi connectivity index (χ0v) is 11.0. The van der Waals surface area contributed by atoms with E-state index in [0.717, 1.165) is 22.9 Å². The second-order valence-corrected chi connectivity index (χ2v) is 4.87. The van der Waals surface area contributed by atoms with Crippen molar-refractivity contribution < 1.29 is 4.74 Å². The largest absolute Gasteiger partial charge is 0.497 e. The van der Waals surface area contributed by atoms with Crippen LogP contribution < -0.4 is 15.8 Å². The van der Waals surface area contributed by atoms with Gasteiger partial charge in [0.2, 0.25) is 0 Å². The SMILES string of the molecule is CCC1CC1Nc1cc(OC)ccc1C(N)=S. The van der Waals surface area contributed by atoms with Gasteiger partial charge in [-0.25, -0.2) is 0 Å². The molecule has 1 saturated carbocycles. The van der Waals surface area contributed by atoms with Gasteiger partial charge >= 0.3 is 0 Å². The predicted octanol–water partition coefficient (Wildman–Crippen LogP) is 2.54. The normalized spacial score (nSPS) is 22.0. The lowest BCUT2D eigenvalue weighted by molar-refractivity contribution is 0.415. The summed E-state index contributed by atoms with van der Waals surface area (Å²) in [6, 6.07) is 6.30. The van der Waals surface area contributed by atoms with Gasteiger partial charge in [0.1, 0.15) is 10.7 Å². The minimum Gasteiger partial charge on any atom is -0.497 e. The second-order valence-electron chi connectivity index (χ2n) is 4.43. The molecule has 17 heavy (non-hydrogen) atoms. The fourth-order valence-electron chi connectivity index (χ4n) is 2.06. The molecule has 2 unspecified atom stereocenters. The first kappa shape index (κ1) is 12.2. The number of ether oxygens (including phenoxy) is 1. The summed E-state index contributed by atoms with van der Waals surface area (Å²) in [5.74, 6) is 1.60. The lowest BCUT2D eigenvalue weighted by Crippen LogP contribution is -2.15. The van der Waals surface area contributed by atoms with E-state index in [1.807, 2.05) is 18.2 Å². The first-order valence-corrected chi connectivity index (χ1v) is 6.31. The number of benzene rings is 1. The Morgan fingerprint density at radius 3 is 2.88 bits per heavy atom. The van der Waals surface area contributed by atoms with E-state index in [4.69, 9.17) is 22.7 Å². The molecule has 0 amide bonds. The second kappa shape index (κ2) is 4.92. The van der Waals surface area contributed by atoms with E-state index < -0.39 is 0 Å². The Balaban J connectivity index is 2.20. The van der Waals surface area contributed by atoms with Crippen LogP contribution in [0, 0.1) is 5.92 Å². The lowest BCUT2D eigenvalue weighted by atomic mass is 10.1. The number of thiocarbonyl (C=S) groups is 1. The molecule has 1 fully saturated rings. The Kier molecular flexibility index (Phi) is 3.52. The van der Waals surface area contributed by atoms with Crippen LogP contribution in [0.5, 0.6) is 5.75 Å². The molecule has 3 N–H and O–H groups in total. The van der Waals surface area contributed by atoms with Gasteiger partial charge in [-0.3, -0.25) is 0 Å². The molecule has 1 aromatic rings. The minimum absolute atomic E-state index is 0.420. The van der Waals surface area contributed by atoms with E-state index in [-0.39, 0.29) is 0 Å². The van der Waals surface area contributed by atoms with E-state index in [2.05, 4.69) is 12.2 Å². The van der Waals surface area contributed by atoms with Crippen LogP contribution >= 0.6 is 12.2 Å². The first-order valence-electron chi connectivity index (χ1n) is 5.90. The number of hydrogen-bond donors (Lipinski definition) is 2. The Labute approximate surface area is 107 Å². The molecule has 92 valence electrons. The summed E-state index contributed by atoms with van der Waals surface area (Å²) in [5.41, 5.74) is 7.60. The van der Waals surface area contributed by atoms with Crippen molar-refractivity contribution in [1.29, 1.82) is 0 Å². The van der Waals surface area contributed by atoms with Crippen molar-refractivity contribution >= 4 is 22.9 Å². The monoisotopic (exact) mass is 250 g/mol. The van der Waals surface area contributed by atoms with Crippen LogP contribution in [0.25, 0.3) is 0 Å². The Hall–Kier alpha value is -1.29. The highest BCUT2D eigenvalue weighted by molar-refractivity contribution is 7.80. The number of hydrogen-bond acceptors (Lipinski definition) is 3. The van der Waals surface area contributed by atoms with Gasteiger partial charge in [-0.1, -0.05) is 25.6 Å². The highest BCUT2D eigenvalue weighted by Gasteiger charge is 2.35. The molecule has 1 aromatic carbocycles. The first-order chi connectivity index (χ1) is 8.15. The van der Waals surface area contributed by atoms with Gasteiger partial charge in [0.15, 0.2) is 0 Å². The van der Waals surface area contributed by atoms with E-state index in [1.165, 1.54) is 12.8 Å². The molecular formula is C13H18N2OS.